The number of hydrogen-bond donors (Lipinski definition) is 3. The molecule has 2 unspecified atom stereocenters. The van der Waals surface area contributed by atoms with Gasteiger partial charge in [0.2, 0.25) is 5.88 Å². The molecule has 2 aromatic carbocycles. The largest absolute Gasteiger partial charge is 0.507 e. The Morgan fingerprint density at radius 1 is 1.00 bits per heavy atom. The number of para-hydroxylation sites is 2. The van der Waals surface area contributed by atoms with Crippen LogP contribution < -0.4 is 15.4 Å². The number of rotatable bonds is 11. The van der Waals surface area contributed by atoms with Crippen LogP contribution >= 0.6 is 11.8 Å². The SMILES string of the molecule is CC(C)(C)OC(=O)NC(CNC(=O)c1ccccc1O)C(SCC1CCCCC1)c1ccc(Oc2ccccc2)nc1. The van der Waals surface area contributed by atoms with Gasteiger partial charge in [-0.1, -0.05) is 55.7 Å². The summed E-state index contributed by atoms with van der Waals surface area (Å²) in [4.78, 5) is 30.6. The number of aromatic hydroxyl groups is 1. The molecule has 0 aliphatic heterocycles. The minimum atomic E-state index is -0.684. The average Bonchev–Trinajstić information content (AvgIpc) is 2.97. The lowest BCUT2D eigenvalue weighted by molar-refractivity contribution is 0.0500. The number of aromatic nitrogens is 1. The van der Waals surface area contributed by atoms with Crippen molar-refractivity contribution in [1.29, 1.82) is 0 Å². The topological polar surface area (TPSA) is 110 Å². The van der Waals surface area contributed by atoms with Crippen molar-refractivity contribution >= 4 is 23.8 Å². The Labute approximate surface area is 252 Å². The summed E-state index contributed by atoms with van der Waals surface area (Å²) in [6.07, 6.45) is 7.33. The summed E-state index contributed by atoms with van der Waals surface area (Å²) in [5.41, 5.74) is 0.384. The second-order valence-electron chi connectivity index (χ2n) is 11.6. The molecule has 0 spiro atoms. The van der Waals surface area contributed by atoms with Crippen molar-refractivity contribution in [3.63, 3.8) is 0 Å². The van der Waals surface area contributed by atoms with Crippen LogP contribution in [0.25, 0.3) is 0 Å². The van der Waals surface area contributed by atoms with Crippen molar-refractivity contribution < 1.29 is 24.2 Å². The predicted octanol–water partition coefficient (Wildman–Crippen LogP) is 7.26. The number of carbonyl (C=O) groups is 2. The monoisotopic (exact) mass is 591 g/mol. The number of phenols is 1. The van der Waals surface area contributed by atoms with E-state index in [0.717, 1.165) is 11.3 Å². The van der Waals surface area contributed by atoms with E-state index in [-0.39, 0.29) is 23.1 Å². The van der Waals surface area contributed by atoms with Crippen LogP contribution in [-0.2, 0) is 4.74 Å². The number of ether oxygens (including phenoxy) is 2. The number of nitrogens with one attached hydrogen (secondary N) is 2. The summed E-state index contributed by atoms with van der Waals surface area (Å²) >= 11 is 1.76. The fourth-order valence-electron chi connectivity index (χ4n) is 4.92. The number of benzene rings is 2. The molecule has 0 radical (unpaired) electrons. The van der Waals surface area contributed by atoms with E-state index >= 15 is 0 Å². The molecule has 3 N–H and O–H groups in total. The first kappa shape index (κ1) is 31.2. The molecule has 1 fully saturated rings. The molecule has 224 valence electrons. The lowest BCUT2D eigenvalue weighted by Gasteiger charge is -2.31. The van der Waals surface area contributed by atoms with E-state index in [2.05, 4.69) is 15.6 Å². The molecule has 9 heteroatoms. The molecule has 1 aliphatic carbocycles. The zero-order chi connectivity index (χ0) is 30.0. The summed E-state index contributed by atoms with van der Waals surface area (Å²) in [6.45, 7) is 5.56. The van der Waals surface area contributed by atoms with Gasteiger partial charge in [0, 0.05) is 18.8 Å². The van der Waals surface area contributed by atoms with Gasteiger partial charge in [0.1, 0.15) is 17.1 Å². The first-order valence-electron chi connectivity index (χ1n) is 14.5. The molecular formula is C33H41N3O5S. The van der Waals surface area contributed by atoms with Gasteiger partial charge in [0.05, 0.1) is 16.9 Å². The molecule has 1 aliphatic rings. The number of hydrogen-bond acceptors (Lipinski definition) is 7. The highest BCUT2D eigenvalue weighted by atomic mass is 32.2. The van der Waals surface area contributed by atoms with Crippen LogP contribution in [0.4, 0.5) is 4.79 Å². The smallest absolute Gasteiger partial charge is 0.407 e. The van der Waals surface area contributed by atoms with E-state index in [1.165, 1.54) is 38.2 Å². The first-order chi connectivity index (χ1) is 20.2. The standard InChI is InChI=1S/C33H41N3O5S/c1-33(2,3)41-32(39)36-27(21-35-31(38)26-16-10-11-17-28(26)37)30(42-22-23-12-6-4-7-13-23)24-18-19-29(34-20-24)40-25-14-8-5-9-15-25/h5,8-11,14-20,23,27,30,37H,4,6-7,12-13,21-22H2,1-3H3,(H,35,38)(H,36,39). The summed E-state index contributed by atoms with van der Waals surface area (Å²) in [6, 6.07) is 19.1. The molecule has 8 nitrogen and oxygen atoms in total. The van der Waals surface area contributed by atoms with Crippen molar-refractivity contribution in [2.45, 2.75) is 69.8 Å². The Morgan fingerprint density at radius 2 is 1.71 bits per heavy atom. The number of pyridine rings is 1. The second-order valence-corrected chi connectivity index (χ2v) is 12.8. The number of amides is 2. The average molecular weight is 592 g/mol. The molecule has 3 aromatic rings. The third-order valence-electron chi connectivity index (χ3n) is 6.99. The molecule has 2 atom stereocenters. The molecule has 1 heterocycles. The van der Waals surface area contributed by atoms with Crippen LogP contribution in [0.1, 0.15) is 74.0 Å². The van der Waals surface area contributed by atoms with Gasteiger partial charge in [0.25, 0.3) is 5.91 Å². The molecule has 0 bridgehead atoms. The van der Waals surface area contributed by atoms with Gasteiger partial charge in [-0.25, -0.2) is 9.78 Å². The maximum Gasteiger partial charge on any atom is 0.407 e. The zero-order valence-electron chi connectivity index (χ0n) is 24.5. The Bertz CT molecular complexity index is 1290. The van der Waals surface area contributed by atoms with Crippen molar-refractivity contribution in [1.82, 2.24) is 15.6 Å². The van der Waals surface area contributed by atoms with E-state index < -0.39 is 23.6 Å². The second kappa shape index (κ2) is 15.0. The lowest BCUT2D eigenvalue weighted by Crippen LogP contribution is -2.48. The maximum atomic E-state index is 13.0. The van der Waals surface area contributed by atoms with Crippen molar-refractivity contribution in [3.8, 4) is 17.4 Å². The number of nitrogens with zero attached hydrogens (tertiary/aromatic N) is 1. The summed E-state index contributed by atoms with van der Waals surface area (Å²) in [5, 5.41) is 15.9. The molecular weight excluding hydrogens is 550 g/mol. The van der Waals surface area contributed by atoms with Gasteiger partial charge in [-0.2, -0.15) is 11.8 Å². The molecule has 1 aromatic heterocycles. The van der Waals surface area contributed by atoms with Crippen molar-refractivity contribution in [3.05, 3.63) is 84.1 Å². The fraction of sp³-hybridized carbons (Fsp3) is 0.424. The van der Waals surface area contributed by atoms with Crippen LogP contribution in [-0.4, -0.2) is 46.0 Å². The van der Waals surface area contributed by atoms with Crippen molar-refractivity contribution in [2.75, 3.05) is 12.3 Å². The third-order valence-corrected chi connectivity index (χ3v) is 8.61. The van der Waals surface area contributed by atoms with E-state index in [9.17, 15) is 14.7 Å². The molecule has 0 saturated heterocycles. The number of carbonyl (C=O) groups excluding carboxylic acids is 2. The summed E-state index contributed by atoms with van der Waals surface area (Å²) in [5.74, 6) is 2.14. The number of alkyl carbamates (subject to hydrolysis) is 1. The van der Waals surface area contributed by atoms with E-state index in [0.29, 0.717) is 17.5 Å². The zero-order valence-corrected chi connectivity index (χ0v) is 25.4. The first-order valence-corrected chi connectivity index (χ1v) is 15.6. The molecule has 42 heavy (non-hydrogen) atoms. The highest BCUT2D eigenvalue weighted by Gasteiger charge is 2.30. The van der Waals surface area contributed by atoms with Crippen LogP contribution in [0.15, 0.2) is 72.9 Å². The van der Waals surface area contributed by atoms with Crippen LogP contribution in [0.5, 0.6) is 17.4 Å². The van der Waals surface area contributed by atoms with Gasteiger partial charge in [-0.3, -0.25) is 4.79 Å². The van der Waals surface area contributed by atoms with E-state index in [4.69, 9.17) is 9.47 Å². The molecule has 4 rings (SSSR count). The Hall–Kier alpha value is -3.72. The predicted molar refractivity (Wildman–Crippen MR) is 166 cm³/mol. The van der Waals surface area contributed by atoms with Crippen LogP contribution in [0.2, 0.25) is 0 Å². The molecule has 1 saturated carbocycles. The highest BCUT2D eigenvalue weighted by Crippen LogP contribution is 2.37. The van der Waals surface area contributed by atoms with Crippen molar-refractivity contribution in [2.24, 2.45) is 5.92 Å². The number of phenolic OH excluding ortho intramolecular Hbond substituents is 1. The van der Waals surface area contributed by atoms with Gasteiger partial charge >= 0.3 is 6.09 Å². The Balaban J connectivity index is 1.58. The van der Waals surface area contributed by atoms with Gasteiger partial charge < -0.3 is 25.2 Å². The van der Waals surface area contributed by atoms with Crippen LogP contribution in [0, 0.1) is 5.92 Å². The Kier molecular flexibility index (Phi) is 11.1. The summed E-state index contributed by atoms with van der Waals surface area (Å²) in [7, 11) is 0. The quantitative estimate of drug-likeness (QED) is 0.215. The minimum absolute atomic E-state index is 0.104. The lowest BCUT2D eigenvalue weighted by atomic mass is 9.91. The van der Waals surface area contributed by atoms with E-state index in [1.54, 1.807) is 36.2 Å². The Morgan fingerprint density at radius 3 is 2.38 bits per heavy atom. The van der Waals surface area contributed by atoms with E-state index in [1.807, 2.05) is 63.2 Å². The normalized spacial score (nSPS) is 15.3. The summed E-state index contributed by atoms with van der Waals surface area (Å²) < 4.78 is 11.5. The van der Waals surface area contributed by atoms with Gasteiger partial charge in [-0.15, -0.1) is 0 Å². The highest BCUT2D eigenvalue weighted by molar-refractivity contribution is 7.99. The minimum Gasteiger partial charge on any atom is -0.507 e. The maximum absolute atomic E-state index is 13.0. The van der Waals surface area contributed by atoms with Gasteiger partial charge in [-0.05, 0) is 75.1 Å². The fourth-order valence-corrected chi connectivity index (χ4v) is 6.47. The number of thioether (sulfide) groups is 1. The van der Waals surface area contributed by atoms with Gasteiger partial charge in [0.15, 0.2) is 0 Å². The molecule has 2 amide bonds. The third kappa shape index (κ3) is 9.69. The van der Waals surface area contributed by atoms with Crippen LogP contribution in [0.3, 0.4) is 0 Å².